The molecule has 0 bridgehead atoms. The van der Waals surface area contributed by atoms with Gasteiger partial charge in [0.2, 0.25) is 5.91 Å². The van der Waals surface area contributed by atoms with Crippen molar-refractivity contribution in [3.8, 4) is 0 Å². The smallest absolute Gasteiger partial charge is 0.222 e. The Morgan fingerprint density at radius 2 is 2.04 bits per heavy atom. The minimum absolute atomic E-state index is 0.0130. The second-order valence-electron chi connectivity index (χ2n) is 8.47. The highest BCUT2D eigenvalue weighted by Crippen LogP contribution is 2.36. The Bertz CT molecular complexity index is 658. The number of nitrogens with zero attached hydrogens (tertiary/aromatic N) is 1. The molecule has 6 heteroatoms. The van der Waals surface area contributed by atoms with Gasteiger partial charge in [-0.1, -0.05) is 50.6 Å². The van der Waals surface area contributed by atoms with Gasteiger partial charge in [-0.25, -0.2) is 4.39 Å². The molecule has 0 fully saturated rings. The molecular weight excluding hydrogens is 381 g/mol. The van der Waals surface area contributed by atoms with Crippen LogP contribution in [0.15, 0.2) is 30.9 Å². The summed E-state index contributed by atoms with van der Waals surface area (Å²) in [7, 11) is -0.103. The molecule has 27 heavy (non-hydrogen) atoms. The van der Waals surface area contributed by atoms with Gasteiger partial charge >= 0.3 is 0 Å². The van der Waals surface area contributed by atoms with E-state index in [1.165, 1.54) is 6.07 Å². The summed E-state index contributed by atoms with van der Waals surface area (Å²) in [5.74, 6) is -0.469. The molecule has 0 unspecified atom stereocenters. The Labute approximate surface area is 169 Å². The van der Waals surface area contributed by atoms with E-state index in [0.29, 0.717) is 25.0 Å². The van der Waals surface area contributed by atoms with Gasteiger partial charge in [-0.2, -0.15) is 0 Å². The quantitative estimate of drug-likeness (QED) is 0.376. The summed E-state index contributed by atoms with van der Waals surface area (Å²) < 4.78 is 19.9. The molecule has 0 aromatic heterocycles. The van der Waals surface area contributed by atoms with Crippen molar-refractivity contribution in [2.45, 2.75) is 64.2 Å². The van der Waals surface area contributed by atoms with Gasteiger partial charge in [0.05, 0.1) is 17.7 Å². The molecule has 0 spiro atoms. The third kappa shape index (κ3) is 6.73. The van der Waals surface area contributed by atoms with Crippen LogP contribution in [0.4, 0.5) is 4.39 Å². The first-order valence-electron chi connectivity index (χ1n) is 9.34. The third-order valence-electron chi connectivity index (χ3n) is 5.46. The SMILES string of the molecule is C=CC[C@@H](CO[Si](C)(C)C(C)(C)C)N(C)C(=O)CCc1cccc(F)c1Cl. The Morgan fingerprint density at radius 3 is 2.59 bits per heavy atom. The lowest BCUT2D eigenvalue weighted by atomic mass is 10.1. The number of hydrogen-bond acceptors (Lipinski definition) is 2. The standard InChI is InChI=1S/C21H33ClFNO2Si/c1-8-10-17(15-26-27(6,7)21(2,3)4)24(5)19(25)14-13-16-11-9-12-18(23)20(16)22/h8-9,11-12,17H,1,10,13-15H2,2-7H3/t17-/m0/s1. The van der Waals surface area contributed by atoms with Crippen molar-refractivity contribution < 1.29 is 13.6 Å². The zero-order valence-electron chi connectivity index (χ0n) is 17.4. The first kappa shape index (κ1) is 23.9. The molecule has 0 aliphatic rings. The molecule has 1 aromatic rings. The van der Waals surface area contributed by atoms with Crippen LogP contribution in [0.1, 0.15) is 39.2 Å². The molecular formula is C21H33ClFNO2Si. The van der Waals surface area contributed by atoms with Crippen molar-refractivity contribution in [2.24, 2.45) is 0 Å². The zero-order chi connectivity index (χ0) is 20.8. The molecule has 1 amide bonds. The van der Waals surface area contributed by atoms with Gasteiger partial charge in [0.1, 0.15) is 5.82 Å². The molecule has 0 saturated heterocycles. The van der Waals surface area contributed by atoms with Crippen LogP contribution in [0.2, 0.25) is 23.2 Å². The third-order valence-corrected chi connectivity index (χ3v) is 10.4. The van der Waals surface area contributed by atoms with Crippen LogP contribution in [0.25, 0.3) is 0 Å². The largest absolute Gasteiger partial charge is 0.415 e. The fraction of sp³-hybridized carbons (Fsp3) is 0.571. The van der Waals surface area contributed by atoms with Crippen molar-refractivity contribution in [3.05, 3.63) is 47.3 Å². The Kier molecular flexibility index (Phi) is 8.71. The molecule has 1 aromatic carbocycles. The van der Waals surface area contributed by atoms with E-state index in [9.17, 15) is 9.18 Å². The van der Waals surface area contributed by atoms with Gasteiger partial charge in [-0.3, -0.25) is 4.79 Å². The molecule has 0 aliphatic heterocycles. The molecule has 152 valence electrons. The van der Waals surface area contributed by atoms with Crippen molar-refractivity contribution in [1.29, 1.82) is 0 Å². The summed E-state index contributed by atoms with van der Waals surface area (Å²) >= 11 is 5.98. The Hall–Kier alpha value is -1.17. The molecule has 0 aliphatic carbocycles. The lowest BCUT2D eigenvalue weighted by molar-refractivity contribution is -0.132. The number of halogens is 2. The van der Waals surface area contributed by atoms with Crippen molar-refractivity contribution in [1.82, 2.24) is 4.90 Å². The van der Waals surface area contributed by atoms with E-state index in [1.54, 1.807) is 24.1 Å². The number of likely N-dealkylation sites (N-methyl/N-ethyl adjacent to an activating group) is 1. The van der Waals surface area contributed by atoms with E-state index in [-0.39, 0.29) is 28.4 Å². The van der Waals surface area contributed by atoms with Crippen LogP contribution < -0.4 is 0 Å². The number of benzene rings is 1. The average molecular weight is 414 g/mol. The molecule has 0 radical (unpaired) electrons. The molecule has 1 atom stereocenters. The van der Waals surface area contributed by atoms with Crippen molar-refractivity contribution in [3.63, 3.8) is 0 Å². The van der Waals surface area contributed by atoms with E-state index in [4.69, 9.17) is 16.0 Å². The number of hydrogen-bond donors (Lipinski definition) is 0. The normalized spacial score (nSPS) is 13.3. The second-order valence-corrected chi connectivity index (χ2v) is 13.7. The number of carbonyl (C=O) groups is 1. The summed E-state index contributed by atoms with van der Waals surface area (Å²) in [6, 6.07) is 4.61. The van der Waals surface area contributed by atoms with Gasteiger partial charge < -0.3 is 9.33 Å². The average Bonchev–Trinajstić information content (AvgIpc) is 2.58. The predicted molar refractivity (Wildman–Crippen MR) is 114 cm³/mol. The number of rotatable bonds is 9. The Balaban J connectivity index is 2.73. The lowest BCUT2D eigenvalue weighted by Gasteiger charge is -2.38. The van der Waals surface area contributed by atoms with E-state index in [0.717, 1.165) is 0 Å². The van der Waals surface area contributed by atoms with Gasteiger partial charge in [-0.05, 0) is 42.6 Å². The van der Waals surface area contributed by atoms with Crippen LogP contribution in [0.3, 0.4) is 0 Å². The maximum Gasteiger partial charge on any atom is 0.222 e. The number of carbonyl (C=O) groups excluding carboxylic acids is 1. The van der Waals surface area contributed by atoms with Crippen LogP contribution >= 0.6 is 11.6 Å². The maximum absolute atomic E-state index is 13.5. The predicted octanol–water partition coefficient (Wildman–Crippen LogP) is 5.84. The van der Waals surface area contributed by atoms with Crippen molar-refractivity contribution in [2.75, 3.05) is 13.7 Å². The summed E-state index contributed by atoms with van der Waals surface area (Å²) in [5.41, 5.74) is 0.649. The summed E-state index contributed by atoms with van der Waals surface area (Å²) in [6.07, 6.45) is 3.15. The minimum atomic E-state index is -1.89. The topological polar surface area (TPSA) is 29.5 Å². The van der Waals surface area contributed by atoms with Crippen LogP contribution in [-0.4, -0.2) is 38.8 Å². The first-order valence-corrected chi connectivity index (χ1v) is 12.6. The summed E-state index contributed by atoms with van der Waals surface area (Å²) in [6.45, 7) is 15.3. The first-order chi connectivity index (χ1) is 12.4. The molecule has 0 saturated carbocycles. The maximum atomic E-state index is 13.5. The fourth-order valence-electron chi connectivity index (χ4n) is 2.41. The summed E-state index contributed by atoms with van der Waals surface area (Å²) in [5, 5.41) is 0.208. The molecule has 1 rings (SSSR count). The zero-order valence-corrected chi connectivity index (χ0v) is 19.2. The van der Waals surface area contributed by atoms with E-state index < -0.39 is 14.1 Å². The fourth-order valence-corrected chi connectivity index (χ4v) is 3.68. The lowest BCUT2D eigenvalue weighted by Crippen LogP contribution is -2.46. The molecule has 3 nitrogen and oxygen atoms in total. The summed E-state index contributed by atoms with van der Waals surface area (Å²) in [4.78, 5) is 14.4. The van der Waals surface area contributed by atoms with Crippen LogP contribution in [0.5, 0.6) is 0 Å². The van der Waals surface area contributed by atoms with E-state index >= 15 is 0 Å². The minimum Gasteiger partial charge on any atom is -0.415 e. The van der Waals surface area contributed by atoms with Crippen LogP contribution in [0, 0.1) is 5.82 Å². The van der Waals surface area contributed by atoms with E-state index in [1.807, 2.05) is 6.08 Å². The van der Waals surface area contributed by atoms with Gasteiger partial charge in [0.15, 0.2) is 8.32 Å². The highest BCUT2D eigenvalue weighted by Gasteiger charge is 2.38. The van der Waals surface area contributed by atoms with Gasteiger partial charge in [-0.15, -0.1) is 6.58 Å². The van der Waals surface area contributed by atoms with Gasteiger partial charge in [0, 0.05) is 13.5 Å². The second kappa shape index (κ2) is 9.85. The monoisotopic (exact) mass is 413 g/mol. The van der Waals surface area contributed by atoms with E-state index in [2.05, 4.69) is 40.4 Å². The Morgan fingerprint density at radius 1 is 1.41 bits per heavy atom. The number of amides is 1. The number of aryl methyl sites for hydroxylation is 1. The molecule has 0 heterocycles. The highest BCUT2D eigenvalue weighted by atomic mass is 35.5. The molecule has 0 N–H and O–H groups in total. The van der Waals surface area contributed by atoms with Crippen molar-refractivity contribution >= 4 is 25.8 Å². The van der Waals surface area contributed by atoms with Crippen LogP contribution in [-0.2, 0) is 15.6 Å². The van der Waals surface area contributed by atoms with Gasteiger partial charge in [0.25, 0.3) is 0 Å². The highest BCUT2D eigenvalue weighted by molar-refractivity contribution is 6.74.